The molecule has 0 bridgehead atoms. The quantitative estimate of drug-likeness (QED) is 0.421. The van der Waals surface area contributed by atoms with Crippen LogP contribution in [0.1, 0.15) is 87.0 Å². The van der Waals surface area contributed by atoms with Crippen molar-refractivity contribution in [2.45, 2.75) is 105 Å². The van der Waals surface area contributed by atoms with E-state index in [1.54, 1.807) is 0 Å². The van der Waals surface area contributed by atoms with Crippen LogP contribution in [0.25, 0.3) is 0 Å². The molecule has 0 aliphatic rings. The maximum absolute atomic E-state index is 12.9. The van der Waals surface area contributed by atoms with Crippen molar-refractivity contribution in [3.8, 4) is 0 Å². The zero-order valence-electron chi connectivity index (χ0n) is 18.5. The molecule has 5 nitrogen and oxygen atoms in total. The SMILES string of the molecule is CCCC[C@@H](C=O)NC(=O)[C@@H](CC(=O)[C@H](CC(C)C)NC(C)C)CC(C)C. The molecule has 0 aliphatic carbocycles. The average molecular weight is 383 g/mol. The summed E-state index contributed by atoms with van der Waals surface area (Å²) in [5, 5.41) is 6.20. The van der Waals surface area contributed by atoms with Crippen LogP contribution in [0.5, 0.6) is 0 Å². The molecule has 0 saturated carbocycles. The van der Waals surface area contributed by atoms with Crippen LogP contribution in [0, 0.1) is 17.8 Å². The minimum Gasteiger partial charge on any atom is -0.346 e. The largest absolute Gasteiger partial charge is 0.346 e. The van der Waals surface area contributed by atoms with Crippen LogP contribution < -0.4 is 10.6 Å². The van der Waals surface area contributed by atoms with Gasteiger partial charge in [-0.1, -0.05) is 61.3 Å². The molecular formula is C22H42N2O3. The standard InChI is InChI=1S/C22H42N2O3/c1-8-9-10-19(14-25)24-22(27)18(11-15(2)3)13-21(26)20(12-16(4)5)23-17(6)7/h14-20,23H,8-13H2,1-7H3,(H,24,27)/t18-,19+,20+/m1/s1. The summed E-state index contributed by atoms with van der Waals surface area (Å²) in [5.41, 5.74) is 0. The van der Waals surface area contributed by atoms with Gasteiger partial charge in [-0.3, -0.25) is 9.59 Å². The van der Waals surface area contributed by atoms with Gasteiger partial charge in [-0.2, -0.15) is 0 Å². The Kier molecular flexibility index (Phi) is 13.2. The topological polar surface area (TPSA) is 75.3 Å². The maximum Gasteiger partial charge on any atom is 0.224 e. The first kappa shape index (κ1) is 25.8. The molecule has 0 heterocycles. The number of amides is 1. The van der Waals surface area contributed by atoms with Gasteiger partial charge in [0, 0.05) is 18.4 Å². The van der Waals surface area contributed by atoms with Crippen molar-refractivity contribution < 1.29 is 14.4 Å². The van der Waals surface area contributed by atoms with Gasteiger partial charge in [0.05, 0.1) is 12.1 Å². The Morgan fingerprint density at radius 3 is 2.00 bits per heavy atom. The molecule has 0 rings (SSSR count). The number of rotatable bonds is 15. The van der Waals surface area contributed by atoms with Gasteiger partial charge in [0.2, 0.25) is 5.91 Å². The van der Waals surface area contributed by atoms with Crippen molar-refractivity contribution in [1.29, 1.82) is 0 Å². The third-order valence-corrected chi connectivity index (χ3v) is 4.57. The molecule has 3 atom stereocenters. The van der Waals surface area contributed by atoms with E-state index in [0.717, 1.165) is 25.5 Å². The number of nitrogens with one attached hydrogen (secondary N) is 2. The highest BCUT2D eigenvalue weighted by Crippen LogP contribution is 2.19. The van der Waals surface area contributed by atoms with E-state index in [9.17, 15) is 14.4 Å². The van der Waals surface area contributed by atoms with Crippen LogP contribution in [0.3, 0.4) is 0 Å². The summed E-state index contributed by atoms with van der Waals surface area (Å²) in [4.78, 5) is 37.0. The van der Waals surface area contributed by atoms with E-state index in [2.05, 4.69) is 45.3 Å². The number of hydrogen-bond acceptors (Lipinski definition) is 4. The lowest BCUT2D eigenvalue weighted by atomic mass is 9.87. The van der Waals surface area contributed by atoms with Crippen molar-refractivity contribution in [2.24, 2.45) is 17.8 Å². The Morgan fingerprint density at radius 2 is 1.56 bits per heavy atom. The molecule has 0 saturated heterocycles. The van der Waals surface area contributed by atoms with Gasteiger partial charge >= 0.3 is 0 Å². The van der Waals surface area contributed by atoms with Gasteiger partial charge < -0.3 is 15.4 Å². The zero-order valence-corrected chi connectivity index (χ0v) is 18.5. The summed E-state index contributed by atoms with van der Waals surface area (Å²) in [6.07, 6.45) is 4.97. The Bertz CT molecular complexity index is 437. The van der Waals surface area contributed by atoms with Gasteiger partial charge in [-0.15, -0.1) is 0 Å². The zero-order chi connectivity index (χ0) is 21.0. The van der Waals surface area contributed by atoms with Gasteiger partial charge in [0.15, 0.2) is 5.78 Å². The number of ketones is 1. The smallest absolute Gasteiger partial charge is 0.224 e. The van der Waals surface area contributed by atoms with Gasteiger partial charge in [0.1, 0.15) is 6.29 Å². The van der Waals surface area contributed by atoms with Crippen molar-refractivity contribution in [2.75, 3.05) is 0 Å². The van der Waals surface area contributed by atoms with Crippen LogP contribution in [0.15, 0.2) is 0 Å². The molecule has 0 unspecified atom stereocenters. The highest BCUT2D eigenvalue weighted by Gasteiger charge is 2.28. The van der Waals surface area contributed by atoms with Crippen LogP contribution in [0.4, 0.5) is 0 Å². The summed E-state index contributed by atoms with van der Waals surface area (Å²) < 4.78 is 0. The first-order valence-electron chi connectivity index (χ1n) is 10.6. The molecule has 1 amide bonds. The van der Waals surface area contributed by atoms with E-state index in [-0.39, 0.29) is 36.1 Å². The molecule has 2 N–H and O–H groups in total. The van der Waals surface area contributed by atoms with Crippen LogP contribution in [0.2, 0.25) is 0 Å². The fourth-order valence-electron chi connectivity index (χ4n) is 3.30. The normalized spacial score (nSPS) is 15.0. The average Bonchev–Trinajstić information content (AvgIpc) is 2.55. The molecule has 0 fully saturated rings. The second kappa shape index (κ2) is 13.9. The summed E-state index contributed by atoms with van der Waals surface area (Å²) in [6.45, 7) is 14.4. The first-order valence-corrected chi connectivity index (χ1v) is 10.6. The number of hydrogen-bond donors (Lipinski definition) is 2. The maximum atomic E-state index is 12.9. The van der Waals surface area contributed by atoms with Gasteiger partial charge in [0.25, 0.3) is 0 Å². The Labute approximate surface area is 166 Å². The molecule has 0 aromatic carbocycles. The van der Waals surface area contributed by atoms with Gasteiger partial charge in [-0.05, 0) is 31.1 Å². The number of unbranched alkanes of at least 4 members (excludes halogenated alkanes) is 1. The molecule has 5 heteroatoms. The molecule has 158 valence electrons. The molecule has 0 aliphatic heterocycles. The predicted octanol–water partition coefficient (Wildman–Crippen LogP) is 3.89. The summed E-state index contributed by atoms with van der Waals surface area (Å²) in [5.74, 6) is 0.245. The molecule has 27 heavy (non-hydrogen) atoms. The van der Waals surface area contributed by atoms with E-state index in [0.29, 0.717) is 24.7 Å². The van der Waals surface area contributed by atoms with Crippen molar-refractivity contribution in [3.63, 3.8) is 0 Å². The third-order valence-electron chi connectivity index (χ3n) is 4.57. The Hall–Kier alpha value is -1.23. The van der Waals surface area contributed by atoms with Crippen molar-refractivity contribution >= 4 is 18.0 Å². The summed E-state index contributed by atoms with van der Waals surface area (Å²) in [6, 6.07) is -0.472. The third kappa shape index (κ3) is 12.0. The second-order valence-electron chi connectivity index (χ2n) is 8.89. The molecule has 0 aromatic heterocycles. The lowest BCUT2D eigenvalue weighted by molar-refractivity contribution is -0.132. The van der Waals surface area contributed by atoms with E-state index in [1.165, 1.54) is 0 Å². The van der Waals surface area contributed by atoms with Gasteiger partial charge in [-0.25, -0.2) is 0 Å². The minimum absolute atomic E-state index is 0.0920. The lowest BCUT2D eigenvalue weighted by Crippen LogP contribution is -2.45. The molecule has 0 spiro atoms. The fourth-order valence-corrected chi connectivity index (χ4v) is 3.30. The monoisotopic (exact) mass is 382 g/mol. The lowest BCUT2D eigenvalue weighted by Gasteiger charge is -2.25. The highest BCUT2D eigenvalue weighted by molar-refractivity contribution is 5.90. The number of aldehydes is 1. The number of carbonyl (C=O) groups is 3. The first-order chi connectivity index (χ1) is 12.6. The Balaban J connectivity index is 5.11. The molecule has 0 aromatic rings. The summed E-state index contributed by atoms with van der Waals surface area (Å²) >= 11 is 0. The fraction of sp³-hybridized carbons (Fsp3) is 0.864. The highest BCUT2D eigenvalue weighted by atomic mass is 16.2. The van der Waals surface area contributed by atoms with Crippen LogP contribution in [-0.4, -0.2) is 36.1 Å². The van der Waals surface area contributed by atoms with E-state index in [4.69, 9.17) is 0 Å². The van der Waals surface area contributed by atoms with Crippen molar-refractivity contribution in [1.82, 2.24) is 10.6 Å². The number of Topliss-reactive ketones (excluding diaryl/α,β-unsaturated/α-hetero) is 1. The number of carbonyl (C=O) groups excluding carboxylic acids is 3. The van der Waals surface area contributed by atoms with Crippen molar-refractivity contribution in [3.05, 3.63) is 0 Å². The van der Waals surface area contributed by atoms with E-state index < -0.39 is 6.04 Å². The van der Waals surface area contributed by atoms with Crippen LogP contribution >= 0.6 is 0 Å². The Morgan fingerprint density at radius 1 is 0.963 bits per heavy atom. The molecule has 0 radical (unpaired) electrons. The van der Waals surface area contributed by atoms with Crippen LogP contribution in [-0.2, 0) is 14.4 Å². The second-order valence-corrected chi connectivity index (χ2v) is 8.89. The van der Waals surface area contributed by atoms with E-state index in [1.807, 2.05) is 13.8 Å². The molecular weight excluding hydrogens is 340 g/mol. The minimum atomic E-state index is -0.456. The van der Waals surface area contributed by atoms with E-state index >= 15 is 0 Å². The summed E-state index contributed by atoms with van der Waals surface area (Å²) in [7, 11) is 0. The predicted molar refractivity (Wildman–Crippen MR) is 112 cm³/mol.